The predicted octanol–water partition coefficient (Wildman–Crippen LogP) is 3.29. The van der Waals surface area contributed by atoms with E-state index in [4.69, 9.17) is 0 Å². The van der Waals surface area contributed by atoms with Gasteiger partial charge in [-0.25, -0.2) is 0 Å². The standard InChI is InChI=1S/C16H28N2/c1-3-18(14-10-5-4-9-13-17-2)15-16-11-7-6-8-12-16/h6-8,11-12,17H,3-5,9-10,13-15H2,1-2H3. The van der Waals surface area contributed by atoms with E-state index in [0.29, 0.717) is 0 Å². The molecule has 0 fully saturated rings. The lowest BCUT2D eigenvalue weighted by Crippen LogP contribution is -2.24. The first-order chi connectivity index (χ1) is 8.86. The van der Waals surface area contributed by atoms with Crippen LogP contribution in [0.25, 0.3) is 0 Å². The van der Waals surface area contributed by atoms with Gasteiger partial charge in [0.15, 0.2) is 0 Å². The van der Waals surface area contributed by atoms with Gasteiger partial charge in [0.1, 0.15) is 0 Å². The van der Waals surface area contributed by atoms with Crippen LogP contribution >= 0.6 is 0 Å². The van der Waals surface area contributed by atoms with Gasteiger partial charge in [-0.05, 0) is 45.1 Å². The third-order valence-corrected chi connectivity index (χ3v) is 3.35. The van der Waals surface area contributed by atoms with Gasteiger partial charge in [0.05, 0.1) is 0 Å². The van der Waals surface area contributed by atoms with Crippen LogP contribution in [0.15, 0.2) is 30.3 Å². The molecule has 2 heteroatoms. The zero-order valence-corrected chi connectivity index (χ0v) is 12.0. The van der Waals surface area contributed by atoms with Crippen LogP contribution in [-0.4, -0.2) is 31.6 Å². The van der Waals surface area contributed by atoms with Gasteiger partial charge in [-0.1, -0.05) is 50.1 Å². The molecule has 0 amide bonds. The largest absolute Gasteiger partial charge is 0.320 e. The Morgan fingerprint density at radius 3 is 2.39 bits per heavy atom. The predicted molar refractivity (Wildman–Crippen MR) is 79.8 cm³/mol. The van der Waals surface area contributed by atoms with Crippen molar-refractivity contribution in [2.75, 3.05) is 26.7 Å². The quantitative estimate of drug-likeness (QED) is 0.639. The number of nitrogens with zero attached hydrogens (tertiary/aromatic N) is 1. The monoisotopic (exact) mass is 248 g/mol. The second-order valence-corrected chi connectivity index (χ2v) is 4.87. The molecule has 0 unspecified atom stereocenters. The molecule has 1 rings (SSSR count). The van der Waals surface area contributed by atoms with E-state index >= 15 is 0 Å². The molecule has 102 valence electrons. The van der Waals surface area contributed by atoms with Crippen molar-refractivity contribution in [1.82, 2.24) is 10.2 Å². The maximum absolute atomic E-state index is 3.20. The maximum Gasteiger partial charge on any atom is 0.0233 e. The van der Waals surface area contributed by atoms with Gasteiger partial charge in [0.25, 0.3) is 0 Å². The van der Waals surface area contributed by atoms with E-state index in [9.17, 15) is 0 Å². The molecule has 1 aromatic rings. The average Bonchev–Trinajstić information content (AvgIpc) is 2.42. The minimum Gasteiger partial charge on any atom is -0.320 e. The first kappa shape index (κ1) is 15.2. The van der Waals surface area contributed by atoms with Crippen molar-refractivity contribution in [2.45, 2.75) is 39.2 Å². The van der Waals surface area contributed by atoms with Crippen molar-refractivity contribution in [3.63, 3.8) is 0 Å². The number of unbranched alkanes of at least 4 members (excludes halogenated alkanes) is 3. The van der Waals surface area contributed by atoms with E-state index in [1.54, 1.807) is 0 Å². The third-order valence-electron chi connectivity index (χ3n) is 3.35. The highest BCUT2D eigenvalue weighted by atomic mass is 15.1. The van der Waals surface area contributed by atoms with Gasteiger partial charge in [0, 0.05) is 6.54 Å². The molecule has 1 aromatic carbocycles. The summed E-state index contributed by atoms with van der Waals surface area (Å²) in [6.45, 7) is 6.87. The minimum absolute atomic E-state index is 1.09. The van der Waals surface area contributed by atoms with Gasteiger partial charge in [-0.3, -0.25) is 4.90 Å². The maximum atomic E-state index is 3.20. The zero-order chi connectivity index (χ0) is 13.1. The Hall–Kier alpha value is -0.860. The molecule has 0 aliphatic heterocycles. The van der Waals surface area contributed by atoms with E-state index in [1.807, 2.05) is 7.05 Å². The average molecular weight is 248 g/mol. The van der Waals surface area contributed by atoms with Crippen molar-refractivity contribution < 1.29 is 0 Å². The lowest BCUT2D eigenvalue weighted by Gasteiger charge is -2.20. The highest BCUT2D eigenvalue weighted by molar-refractivity contribution is 5.14. The number of hydrogen-bond donors (Lipinski definition) is 1. The Morgan fingerprint density at radius 1 is 1.00 bits per heavy atom. The van der Waals surface area contributed by atoms with E-state index in [1.165, 1.54) is 37.8 Å². The number of hydrogen-bond acceptors (Lipinski definition) is 2. The van der Waals surface area contributed by atoms with Crippen LogP contribution in [0.1, 0.15) is 38.2 Å². The minimum atomic E-state index is 1.09. The van der Waals surface area contributed by atoms with Crippen molar-refractivity contribution in [3.8, 4) is 0 Å². The van der Waals surface area contributed by atoms with Crippen molar-refractivity contribution in [2.24, 2.45) is 0 Å². The van der Waals surface area contributed by atoms with E-state index in [0.717, 1.165) is 19.6 Å². The van der Waals surface area contributed by atoms with E-state index < -0.39 is 0 Å². The molecule has 0 heterocycles. The molecule has 0 aliphatic rings. The van der Waals surface area contributed by atoms with Crippen molar-refractivity contribution in [1.29, 1.82) is 0 Å². The summed E-state index contributed by atoms with van der Waals surface area (Å²) in [5.41, 5.74) is 1.43. The second-order valence-electron chi connectivity index (χ2n) is 4.87. The summed E-state index contributed by atoms with van der Waals surface area (Å²) in [7, 11) is 2.03. The summed E-state index contributed by atoms with van der Waals surface area (Å²) in [6.07, 6.45) is 5.34. The Morgan fingerprint density at radius 2 is 1.72 bits per heavy atom. The first-order valence-corrected chi connectivity index (χ1v) is 7.27. The molecule has 0 radical (unpaired) electrons. The van der Waals surface area contributed by atoms with Crippen LogP contribution in [0, 0.1) is 0 Å². The summed E-state index contributed by atoms with van der Waals surface area (Å²) in [4.78, 5) is 2.54. The Bertz CT molecular complexity index is 284. The molecule has 18 heavy (non-hydrogen) atoms. The van der Waals surface area contributed by atoms with Crippen LogP contribution in [-0.2, 0) is 6.54 Å². The molecule has 0 spiro atoms. The molecule has 0 saturated carbocycles. The zero-order valence-electron chi connectivity index (χ0n) is 12.0. The fourth-order valence-electron chi connectivity index (χ4n) is 2.18. The number of benzene rings is 1. The highest BCUT2D eigenvalue weighted by Gasteiger charge is 2.02. The fraction of sp³-hybridized carbons (Fsp3) is 0.625. The van der Waals surface area contributed by atoms with Gasteiger partial charge < -0.3 is 5.32 Å². The van der Waals surface area contributed by atoms with Crippen LogP contribution in [0.5, 0.6) is 0 Å². The fourth-order valence-corrected chi connectivity index (χ4v) is 2.18. The summed E-state index contributed by atoms with van der Waals surface area (Å²) in [6, 6.07) is 10.8. The SMILES string of the molecule is CCN(CCCCCCNC)Cc1ccccc1. The van der Waals surface area contributed by atoms with Gasteiger partial charge in [0.2, 0.25) is 0 Å². The molecule has 0 bridgehead atoms. The summed E-state index contributed by atoms with van der Waals surface area (Å²) in [5, 5.41) is 3.20. The normalized spacial score (nSPS) is 11.1. The van der Waals surface area contributed by atoms with Crippen molar-refractivity contribution in [3.05, 3.63) is 35.9 Å². The topological polar surface area (TPSA) is 15.3 Å². The van der Waals surface area contributed by atoms with Gasteiger partial charge in [-0.15, -0.1) is 0 Å². The molecule has 0 atom stereocenters. The number of nitrogens with one attached hydrogen (secondary N) is 1. The van der Waals surface area contributed by atoms with Crippen LogP contribution in [0.3, 0.4) is 0 Å². The Balaban J connectivity index is 2.14. The lowest BCUT2D eigenvalue weighted by molar-refractivity contribution is 0.272. The third kappa shape index (κ3) is 6.77. The molecule has 0 aliphatic carbocycles. The lowest BCUT2D eigenvalue weighted by atomic mass is 10.1. The summed E-state index contributed by atoms with van der Waals surface area (Å²) < 4.78 is 0. The van der Waals surface area contributed by atoms with Crippen LogP contribution < -0.4 is 5.32 Å². The van der Waals surface area contributed by atoms with Crippen molar-refractivity contribution >= 4 is 0 Å². The van der Waals surface area contributed by atoms with Gasteiger partial charge in [-0.2, -0.15) is 0 Å². The first-order valence-electron chi connectivity index (χ1n) is 7.27. The van der Waals surface area contributed by atoms with E-state index in [-0.39, 0.29) is 0 Å². The van der Waals surface area contributed by atoms with Crippen LogP contribution in [0.2, 0.25) is 0 Å². The molecule has 2 nitrogen and oxygen atoms in total. The molecule has 1 N–H and O–H groups in total. The highest BCUT2D eigenvalue weighted by Crippen LogP contribution is 2.07. The smallest absolute Gasteiger partial charge is 0.0233 e. The Labute approximate surface area is 112 Å². The molecule has 0 aromatic heterocycles. The molecular weight excluding hydrogens is 220 g/mol. The van der Waals surface area contributed by atoms with Crippen LogP contribution in [0.4, 0.5) is 0 Å². The Kier molecular flexibility index (Phi) is 8.53. The molecular formula is C16H28N2. The van der Waals surface area contributed by atoms with Gasteiger partial charge >= 0.3 is 0 Å². The summed E-state index contributed by atoms with van der Waals surface area (Å²) in [5.74, 6) is 0. The van der Waals surface area contributed by atoms with E-state index in [2.05, 4.69) is 47.5 Å². The summed E-state index contributed by atoms with van der Waals surface area (Å²) >= 11 is 0. The molecule has 0 saturated heterocycles. The number of rotatable bonds is 10. The second kappa shape index (κ2) is 10.1.